The summed E-state index contributed by atoms with van der Waals surface area (Å²) in [5.41, 5.74) is -0.329. The van der Waals surface area contributed by atoms with Crippen molar-refractivity contribution in [1.29, 1.82) is 0 Å². The Labute approximate surface area is 150 Å². The van der Waals surface area contributed by atoms with E-state index in [0.717, 1.165) is 17.0 Å². The molecule has 8 heteroatoms. The Bertz CT molecular complexity index is 895. The third-order valence-corrected chi connectivity index (χ3v) is 4.48. The fourth-order valence-corrected chi connectivity index (χ4v) is 3.29. The van der Waals surface area contributed by atoms with Crippen LogP contribution in [0.5, 0.6) is 0 Å². The number of imide groups is 1. The number of rotatable bonds is 2. The molecule has 0 bridgehead atoms. The highest BCUT2D eigenvalue weighted by atomic mass is 35.5. The largest absolute Gasteiger partial charge is 0.416 e. The van der Waals surface area contributed by atoms with Crippen molar-refractivity contribution in [2.45, 2.75) is 6.18 Å². The lowest BCUT2D eigenvalue weighted by Gasteiger charge is -2.12. The zero-order valence-electron chi connectivity index (χ0n) is 12.4. The molecule has 3 nitrogen and oxygen atoms in total. The van der Waals surface area contributed by atoms with Gasteiger partial charge in [-0.15, -0.1) is 0 Å². The van der Waals surface area contributed by atoms with Crippen molar-refractivity contribution in [3.63, 3.8) is 0 Å². The molecule has 2 aromatic rings. The highest BCUT2D eigenvalue weighted by Crippen LogP contribution is 2.37. The Kier molecular flexibility index (Phi) is 4.62. The first-order valence-corrected chi connectivity index (χ1v) is 8.16. The molecule has 25 heavy (non-hydrogen) atoms. The van der Waals surface area contributed by atoms with Gasteiger partial charge in [-0.2, -0.15) is 13.2 Å². The lowest BCUT2D eigenvalue weighted by molar-refractivity contribution is -0.137. The van der Waals surface area contributed by atoms with Crippen LogP contribution in [0, 0.1) is 0 Å². The summed E-state index contributed by atoms with van der Waals surface area (Å²) in [5, 5.41) is -0.177. The summed E-state index contributed by atoms with van der Waals surface area (Å²) in [6.07, 6.45) is -3.21. The van der Waals surface area contributed by atoms with Gasteiger partial charge in [0.05, 0.1) is 16.2 Å². The van der Waals surface area contributed by atoms with Crippen LogP contribution in [0.2, 0.25) is 5.02 Å². The van der Waals surface area contributed by atoms with E-state index in [4.69, 9.17) is 11.6 Å². The zero-order valence-corrected chi connectivity index (χ0v) is 14.0. The summed E-state index contributed by atoms with van der Waals surface area (Å²) in [4.78, 5) is 25.6. The van der Waals surface area contributed by atoms with Gasteiger partial charge < -0.3 is 0 Å². The molecular formula is C17H9ClF3NO2S. The summed E-state index contributed by atoms with van der Waals surface area (Å²) in [6.45, 7) is 0. The van der Waals surface area contributed by atoms with Gasteiger partial charge in [0.15, 0.2) is 0 Å². The third kappa shape index (κ3) is 3.72. The molecule has 0 spiro atoms. The second-order valence-electron chi connectivity index (χ2n) is 5.12. The van der Waals surface area contributed by atoms with Crippen LogP contribution in [-0.2, 0) is 11.0 Å². The van der Waals surface area contributed by atoms with E-state index in [1.165, 1.54) is 24.3 Å². The van der Waals surface area contributed by atoms with Crippen molar-refractivity contribution in [3.05, 3.63) is 69.6 Å². The highest BCUT2D eigenvalue weighted by molar-refractivity contribution is 8.19. The molecule has 1 saturated heterocycles. The van der Waals surface area contributed by atoms with Crippen LogP contribution in [0.3, 0.4) is 0 Å². The summed E-state index contributed by atoms with van der Waals surface area (Å²) in [6, 6.07) is 10.8. The van der Waals surface area contributed by atoms with Crippen LogP contribution in [0.15, 0.2) is 53.4 Å². The number of hydrogen-bond acceptors (Lipinski definition) is 3. The van der Waals surface area contributed by atoms with Gasteiger partial charge in [-0.3, -0.25) is 9.59 Å². The number of amides is 2. The molecule has 0 unspecified atom stereocenters. The van der Waals surface area contributed by atoms with E-state index in [2.05, 4.69) is 0 Å². The fourth-order valence-electron chi connectivity index (χ4n) is 2.26. The summed E-state index contributed by atoms with van der Waals surface area (Å²) < 4.78 is 38.3. The molecule has 0 aromatic heterocycles. The SMILES string of the molecule is O=C1S/C(=C/c2cccc(C(F)(F)F)c2)C(=O)N1c1cccc(Cl)c1. The molecule has 2 amide bonds. The lowest BCUT2D eigenvalue weighted by atomic mass is 10.1. The minimum absolute atomic E-state index is 0.0456. The standard InChI is InChI=1S/C17H9ClF3NO2S/c18-12-5-2-6-13(9-12)22-15(23)14(25-16(22)24)8-10-3-1-4-11(7-10)17(19,20)21/h1-9H/b14-8+. The molecule has 0 N–H and O–H groups in total. The van der Waals surface area contributed by atoms with Gasteiger partial charge in [0, 0.05) is 5.02 Å². The van der Waals surface area contributed by atoms with Gasteiger partial charge in [0.1, 0.15) is 0 Å². The second kappa shape index (κ2) is 6.57. The van der Waals surface area contributed by atoms with E-state index in [-0.39, 0.29) is 10.5 Å². The number of halogens is 4. The van der Waals surface area contributed by atoms with Crippen molar-refractivity contribution in [2.24, 2.45) is 0 Å². The smallest absolute Gasteiger partial charge is 0.268 e. The fraction of sp³-hybridized carbons (Fsp3) is 0.0588. The van der Waals surface area contributed by atoms with Crippen molar-refractivity contribution < 1.29 is 22.8 Å². The van der Waals surface area contributed by atoms with E-state index >= 15 is 0 Å². The van der Waals surface area contributed by atoms with Crippen molar-refractivity contribution >= 4 is 46.3 Å². The average Bonchev–Trinajstić information content (AvgIpc) is 2.81. The number of hydrogen-bond donors (Lipinski definition) is 0. The van der Waals surface area contributed by atoms with Crippen LogP contribution >= 0.6 is 23.4 Å². The first-order valence-electron chi connectivity index (χ1n) is 6.96. The maximum atomic E-state index is 12.8. The molecule has 0 saturated carbocycles. The average molecular weight is 384 g/mol. The van der Waals surface area contributed by atoms with Crippen molar-refractivity contribution in [3.8, 4) is 0 Å². The van der Waals surface area contributed by atoms with E-state index in [1.54, 1.807) is 18.2 Å². The predicted octanol–water partition coefficient (Wildman–Crippen LogP) is 5.60. The number of nitrogens with zero attached hydrogens (tertiary/aromatic N) is 1. The predicted molar refractivity (Wildman–Crippen MR) is 91.3 cm³/mol. The van der Waals surface area contributed by atoms with Gasteiger partial charge in [-0.1, -0.05) is 29.8 Å². The molecule has 0 atom stereocenters. The Morgan fingerprint density at radius 2 is 1.76 bits per heavy atom. The topological polar surface area (TPSA) is 37.4 Å². The molecule has 3 rings (SSSR count). The third-order valence-electron chi connectivity index (χ3n) is 3.37. The maximum absolute atomic E-state index is 12.8. The highest BCUT2D eigenvalue weighted by Gasteiger charge is 2.36. The number of anilines is 1. The number of carbonyl (C=O) groups is 2. The van der Waals surface area contributed by atoms with Crippen LogP contribution < -0.4 is 4.90 Å². The van der Waals surface area contributed by atoms with Gasteiger partial charge in [0.25, 0.3) is 11.1 Å². The molecule has 1 fully saturated rings. The van der Waals surface area contributed by atoms with Crippen LogP contribution in [0.1, 0.15) is 11.1 Å². The number of alkyl halides is 3. The molecule has 1 aliphatic heterocycles. The number of carbonyl (C=O) groups excluding carboxylic acids is 2. The van der Waals surface area contributed by atoms with Gasteiger partial charge in [0.2, 0.25) is 0 Å². The van der Waals surface area contributed by atoms with Gasteiger partial charge in [-0.25, -0.2) is 4.90 Å². The molecule has 128 valence electrons. The molecule has 1 aliphatic rings. The second-order valence-corrected chi connectivity index (χ2v) is 6.55. The molecule has 1 heterocycles. The van der Waals surface area contributed by atoms with Crippen molar-refractivity contribution in [2.75, 3.05) is 4.90 Å². The number of thioether (sulfide) groups is 1. The molecule has 2 aromatic carbocycles. The first kappa shape index (κ1) is 17.6. The quantitative estimate of drug-likeness (QED) is 0.633. The van der Waals surface area contributed by atoms with Gasteiger partial charge >= 0.3 is 6.18 Å². The first-order chi connectivity index (χ1) is 11.8. The summed E-state index contributed by atoms with van der Waals surface area (Å²) >= 11 is 6.53. The molecule has 0 radical (unpaired) electrons. The van der Waals surface area contributed by atoms with Crippen LogP contribution in [-0.4, -0.2) is 11.1 Å². The normalized spacial score (nSPS) is 16.8. The Hall–Kier alpha value is -2.25. The zero-order chi connectivity index (χ0) is 18.2. The van der Waals surface area contributed by atoms with Gasteiger partial charge in [-0.05, 0) is 53.7 Å². The lowest BCUT2D eigenvalue weighted by Crippen LogP contribution is -2.27. The molecular weight excluding hydrogens is 375 g/mol. The Morgan fingerprint density at radius 1 is 1.04 bits per heavy atom. The van der Waals surface area contributed by atoms with E-state index in [1.807, 2.05) is 0 Å². The van der Waals surface area contributed by atoms with E-state index < -0.39 is 22.9 Å². The Balaban J connectivity index is 1.93. The number of benzene rings is 2. The minimum atomic E-state index is -4.48. The van der Waals surface area contributed by atoms with Crippen LogP contribution in [0.25, 0.3) is 6.08 Å². The minimum Gasteiger partial charge on any atom is -0.268 e. The Morgan fingerprint density at radius 3 is 2.44 bits per heavy atom. The summed E-state index contributed by atoms with van der Waals surface area (Å²) in [5.74, 6) is -0.602. The monoisotopic (exact) mass is 383 g/mol. The maximum Gasteiger partial charge on any atom is 0.416 e. The summed E-state index contributed by atoms with van der Waals surface area (Å²) in [7, 11) is 0. The van der Waals surface area contributed by atoms with E-state index in [9.17, 15) is 22.8 Å². The molecule has 0 aliphatic carbocycles. The van der Waals surface area contributed by atoms with E-state index in [0.29, 0.717) is 22.5 Å². The van der Waals surface area contributed by atoms with Crippen molar-refractivity contribution in [1.82, 2.24) is 0 Å². The van der Waals surface area contributed by atoms with Crippen LogP contribution in [0.4, 0.5) is 23.7 Å².